The number of hydrogen-bond donors (Lipinski definition) is 1. The molecule has 1 saturated heterocycles. The average molecular weight is 946 g/mol. The summed E-state index contributed by atoms with van der Waals surface area (Å²) in [5.41, 5.74) is 6.19. The summed E-state index contributed by atoms with van der Waals surface area (Å²) in [7, 11) is 0. The largest absolute Gasteiger partial charge is 0.374 e. The molecule has 1 N–H and O–H groups in total. The number of benzene rings is 6. The molecular formula is C61H71NO8. The van der Waals surface area contributed by atoms with Gasteiger partial charge in [-0.2, -0.15) is 0 Å². The molecule has 0 aromatic heterocycles. The third-order valence-electron chi connectivity index (χ3n) is 12.4. The third-order valence-corrected chi connectivity index (χ3v) is 12.4. The van der Waals surface area contributed by atoms with Crippen molar-refractivity contribution in [2.24, 2.45) is 0 Å². The Morgan fingerprint density at radius 2 is 0.957 bits per heavy atom. The zero-order valence-corrected chi connectivity index (χ0v) is 40.8. The maximum Gasteiger partial charge on any atom is 0.220 e. The van der Waals surface area contributed by atoms with Crippen LogP contribution in [-0.4, -0.2) is 61.3 Å². The van der Waals surface area contributed by atoms with Crippen molar-refractivity contribution < 1.29 is 38.0 Å². The van der Waals surface area contributed by atoms with E-state index in [1.165, 1.54) is 0 Å². The smallest absolute Gasteiger partial charge is 0.220 e. The highest BCUT2D eigenvalue weighted by molar-refractivity contribution is 5.76. The van der Waals surface area contributed by atoms with E-state index in [0.29, 0.717) is 52.5 Å². The van der Waals surface area contributed by atoms with Gasteiger partial charge in [-0.25, -0.2) is 0 Å². The van der Waals surface area contributed by atoms with Crippen LogP contribution in [-0.2, 0) is 77.6 Å². The molecule has 1 heterocycles. The number of carbonyl (C=O) groups is 1. The lowest BCUT2D eigenvalue weighted by Crippen LogP contribution is -2.61. The van der Waals surface area contributed by atoms with Crippen molar-refractivity contribution in [3.63, 3.8) is 0 Å². The van der Waals surface area contributed by atoms with Crippen LogP contribution in [0.2, 0.25) is 0 Å². The zero-order chi connectivity index (χ0) is 48.4. The minimum Gasteiger partial charge on any atom is -0.374 e. The Bertz CT molecular complexity index is 2340. The molecule has 8 atom stereocenters. The molecule has 0 saturated carbocycles. The molecule has 6 aromatic rings. The molecule has 3 unspecified atom stereocenters. The summed E-state index contributed by atoms with van der Waals surface area (Å²) in [5.74, 6) is -0.0742. The molecule has 1 aliphatic rings. The maximum atomic E-state index is 13.9. The van der Waals surface area contributed by atoms with Gasteiger partial charge in [-0.3, -0.25) is 4.79 Å². The van der Waals surface area contributed by atoms with E-state index in [9.17, 15) is 4.79 Å². The first-order chi connectivity index (χ1) is 34.6. The van der Waals surface area contributed by atoms with E-state index in [4.69, 9.17) is 33.2 Å². The summed E-state index contributed by atoms with van der Waals surface area (Å²) in [5, 5.41) is 3.38. The molecule has 1 fully saturated rings. The van der Waals surface area contributed by atoms with E-state index < -0.39 is 42.7 Å². The first kappa shape index (κ1) is 52.1. The highest BCUT2D eigenvalue weighted by atomic mass is 16.6. The van der Waals surface area contributed by atoms with Crippen LogP contribution < -0.4 is 5.32 Å². The monoisotopic (exact) mass is 946 g/mol. The Kier molecular flexibility index (Phi) is 21.9. The van der Waals surface area contributed by atoms with Gasteiger partial charge in [0.15, 0.2) is 0 Å². The number of rotatable bonds is 29. The second-order valence-electron chi connectivity index (χ2n) is 17.9. The van der Waals surface area contributed by atoms with Gasteiger partial charge in [-0.1, -0.05) is 221 Å². The molecule has 9 heteroatoms. The summed E-state index contributed by atoms with van der Waals surface area (Å²) < 4.78 is 48.6. The molecule has 0 aliphatic carbocycles. The minimum absolute atomic E-state index is 0.0742. The van der Waals surface area contributed by atoms with Gasteiger partial charge in [0.25, 0.3) is 0 Å². The Morgan fingerprint density at radius 1 is 0.529 bits per heavy atom. The van der Waals surface area contributed by atoms with Gasteiger partial charge in [-0.05, 0) is 46.2 Å². The van der Waals surface area contributed by atoms with Crippen molar-refractivity contribution in [3.05, 3.63) is 228 Å². The normalized spacial score (nSPS) is 19.4. The van der Waals surface area contributed by atoms with Crippen LogP contribution in [0.5, 0.6) is 0 Å². The number of amides is 1. The van der Waals surface area contributed by atoms with Crippen molar-refractivity contribution in [2.45, 2.75) is 134 Å². The number of carbonyl (C=O) groups excluding carboxylic acids is 1. The van der Waals surface area contributed by atoms with Crippen LogP contribution in [0.15, 0.2) is 194 Å². The fourth-order valence-corrected chi connectivity index (χ4v) is 8.67. The fraction of sp³-hybridized carbons (Fsp3) is 0.361. The lowest BCUT2D eigenvalue weighted by atomic mass is 9.92. The van der Waals surface area contributed by atoms with Gasteiger partial charge in [0.2, 0.25) is 5.91 Å². The quantitative estimate of drug-likeness (QED) is 0.0465. The number of hydrogen-bond acceptors (Lipinski definition) is 8. The Labute approximate surface area is 416 Å². The lowest BCUT2D eigenvalue weighted by Gasteiger charge is -2.45. The van der Waals surface area contributed by atoms with Crippen molar-refractivity contribution >= 4 is 5.91 Å². The molecule has 1 aliphatic heterocycles. The molecule has 9 nitrogen and oxygen atoms in total. The zero-order valence-electron chi connectivity index (χ0n) is 40.8. The van der Waals surface area contributed by atoms with Crippen LogP contribution in [0.1, 0.15) is 79.3 Å². The van der Waals surface area contributed by atoms with E-state index in [1.54, 1.807) is 0 Å². The van der Waals surface area contributed by atoms with Crippen LogP contribution in [0.25, 0.3) is 0 Å². The molecule has 368 valence electrons. The molecule has 6 aromatic carbocycles. The number of unbranched alkanes of at least 4 members (excludes halogenated alkanes) is 1. The van der Waals surface area contributed by atoms with Crippen molar-refractivity contribution in [1.82, 2.24) is 5.32 Å². The summed E-state index contributed by atoms with van der Waals surface area (Å²) in [6.45, 7) is 6.48. The molecule has 1 amide bonds. The standard InChI is InChI=1S/C61H71NO8/c1-3-5-37-54(65-41-48-27-14-7-15-28-48)58(66-42-49-29-16-8-17-30-49)53(62-57(63)24-4-2)38-39-55-59(67-43-50-31-18-9-19-32-50)61(69-45-52-35-22-11-23-36-52)60(68-44-51-33-20-10-21-34-51)56(70-55)46-64-40-47-25-12-6-13-26-47/h6-23,25-36,38-39,53-56,58-61H,3-5,24,37,40-46H2,1-2H3,(H,62,63)/b39-38+/t53-,54+,55+,56?,58-,59?,60-,61?/m0/s1. The number of nitrogens with one attached hydrogen (secondary N) is 1. The first-order valence-electron chi connectivity index (χ1n) is 25.1. The van der Waals surface area contributed by atoms with Gasteiger partial charge in [0.05, 0.1) is 58.4 Å². The van der Waals surface area contributed by atoms with Crippen LogP contribution in [0, 0.1) is 0 Å². The summed E-state index contributed by atoms with van der Waals surface area (Å²) in [6, 6.07) is 60.3. The predicted octanol–water partition coefficient (Wildman–Crippen LogP) is 11.9. The minimum atomic E-state index is -0.675. The molecule has 70 heavy (non-hydrogen) atoms. The highest BCUT2D eigenvalue weighted by Crippen LogP contribution is 2.32. The summed E-state index contributed by atoms with van der Waals surface area (Å²) in [6.07, 6.45) is 3.65. The van der Waals surface area contributed by atoms with E-state index in [1.807, 2.05) is 128 Å². The second kappa shape index (κ2) is 29.4. The topological polar surface area (TPSA) is 93.7 Å². The summed E-state index contributed by atoms with van der Waals surface area (Å²) >= 11 is 0. The van der Waals surface area contributed by atoms with E-state index in [0.717, 1.165) is 52.6 Å². The van der Waals surface area contributed by atoms with Gasteiger partial charge >= 0.3 is 0 Å². The predicted molar refractivity (Wildman–Crippen MR) is 275 cm³/mol. The summed E-state index contributed by atoms with van der Waals surface area (Å²) in [4.78, 5) is 13.9. The molecule has 0 spiro atoms. The molecule has 7 rings (SSSR count). The third kappa shape index (κ3) is 17.0. The van der Waals surface area contributed by atoms with Crippen LogP contribution in [0.3, 0.4) is 0 Å². The van der Waals surface area contributed by atoms with Gasteiger partial charge in [0.1, 0.15) is 36.6 Å². The first-order valence-corrected chi connectivity index (χ1v) is 25.1. The van der Waals surface area contributed by atoms with Crippen LogP contribution >= 0.6 is 0 Å². The number of ether oxygens (including phenoxy) is 7. The SMILES string of the molecule is CCCC[C@@H](OCc1ccccc1)[C@@H](OCc1ccccc1)[C@H](/C=C/[C@H]1OC(COCc2ccccc2)[C@H](OCc2ccccc2)C(OCc2ccccc2)C1OCc1ccccc1)NC(=O)CCC. The molecular weight excluding hydrogens is 875 g/mol. The van der Waals surface area contributed by atoms with E-state index in [2.05, 4.69) is 85.0 Å². The van der Waals surface area contributed by atoms with Gasteiger partial charge in [0, 0.05) is 6.42 Å². The maximum absolute atomic E-state index is 13.9. The molecule has 0 radical (unpaired) electrons. The van der Waals surface area contributed by atoms with Gasteiger partial charge in [-0.15, -0.1) is 0 Å². The fourth-order valence-electron chi connectivity index (χ4n) is 8.67. The van der Waals surface area contributed by atoms with Crippen molar-refractivity contribution in [2.75, 3.05) is 6.61 Å². The van der Waals surface area contributed by atoms with Crippen LogP contribution in [0.4, 0.5) is 0 Å². The lowest BCUT2D eigenvalue weighted by molar-refractivity contribution is -0.263. The Morgan fingerprint density at radius 3 is 1.43 bits per heavy atom. The van der Waals surface area contributed by atoms with Crippen molar-refractivity contribution in [1.29, 1.82) is 0 Å². The van der Waals surface area contributed by atoms with Gasteiger partial charge < -0.3 is 38.5 Å². The Hall–Kier alpha value is -5.75. The molecule has 0 bridgehead atoms. The van der Waals surface area contributed by atoms with E-state index in [-0.39, 0.29) is 18.6 Å². The Balaban J connectivity index is 1.28. The van der Waals surface area contributed by atoms with E-state index >= 15 is 0 Å². The second-order valence-corrected chi connectivity index (χ2v) is 17.9. The van der Waals surface area contributed by atoms with Crippen molar-refractivity contribution in [3.8, 4) is 0 Å². The highest BCUT2D eigenvalue weighted by Gasteiger charge is 2.48. The average Bonchev–Trinajstić information content (AvgIpc) is 3.41.